The fourth-order valence-electron chi connectivity index (χ4n) is 2.58. The van der Waals surface area contributed by atoms with Crippen molar-refractivity contribution in [2.75, 3.05) is 14.1 Å². The molecular formula is C14H21NO2. The Balaban J connectivity index is 2.35. The van der Waals surface area contributed by atoms with Crippen molar-refractivity contribution in [2.24, 2.45) is 5.41 Å². The van der Waals surface area contributed by atoms with Gasteiger partial charge in [0, 0.05) is 12.8 Å². The normalized spacial score (nSPS) is 27.8. The predicted octanol–water partition coefficient (Wildman–Crippen LogP) is 2.49. The summed E-state index contributed by atoms with van der Waals surface area (Å²) in [6, 6.07) is 0. The number of allylic oxidation sites excluding steroid dienone is 3. The number of nitrogens with zero attached hydrogens (tertiary/aromatic N) is 1. The van der Waals surface area contributed by atoms with E-state index >= 15 is 0 Å². The maximum absolute atomic E-state index is 12.1. The SMILES string of the molecule is CC1=CC2=C(CC(C)(C)CC2=O)OC1N(C)C. The molecule has 1 aliphatic heterocycles. The number of carbonyl (C=O) groups is 1. The zero-order chi connectivity index (χ0) is 12.8. The summed E-state index contributed by atoms with van der Waals surface area (Å²) in [6.45, 7) is 6.25. The molecule has 0 saturated carbocycles. The summed E-state index contributed by atoms with van der Waals surface area (Å²) < 4.78 is 5.99. The van der Waals surface area contributed by atoms with Crippen LogP contribution in [0, 0.1) is 5.41 Å². The molecule has 2 rings (SSSR count). The Hall–Kier alpha value is -1.09. The molecule has 0 aromatic heterocycles. The monoisotopic (exact) mass is 235 g/mol. The van der Waals surface area contributed by atoms with Gasteiger partial charge in [0.1, 0.15) is 5.76 Å². The highest BCUT2D eigenvalue weighted by atomic mass is 16.5. The van der Waals surface area contributed by atoms with E-state index < -0.39 is 0 Å². The summed E-state index contributed by atoms with van der Waals surface area (Å²) in [7, 11) is 3.98. The topological polar surface area (TPSA) is 29.5 Å². The minimum atomic E-state index is -0.0320. The molecule has 0 aromatic carbocycles. The molecule has 0 fully saturated rings. The van der Waals surface area contributed by atoms with E-state index in [0.29, 0.717) is 6.42 Å². The maximum atomic E-state index is 12.1. The number of hydrogen-bond donors (Lipinski definition) is 0. The second kappa shape index (κ2) is 3.98. The van der Waals surface area contributed by atoms with Gasteiger partial charge in [0.25, 0.3) is 0 Å². The Morgan fingerprint density at radius 1 is 1.35 bits per heavy atom. The van der Waals surface area contributed by atoms with Crippen molar-refractivity contribution in [3.8, 4) is 0 Å². The van der Waals surface area contributed by atoms with Crippen LogP contribution in [0.5, 0.6) is 0 Å². The summed E-state index contributed by atoms with van der Waals surface area (Å²) in [4.78, 5) is 14.1. The number of ketones is 1. The van der Waals surface area contributed by atoms with Crippen molar-refractivity contribution in [1.29, 1.82) is 0 Å². The highest BCUT2D eigenvalue weighted by Crippen LogP contribution is 2.40. The fraction of sp³-hybridized carbons (Fsp3) is 0.643. The van der Waals surface area contributed by atoms with Crippen molar-refractivity contribution in [2.45, 2.75) is 39.8 Å². The first-order valence-electron chi connectivity index (χ1n) is 6.08. The third kappa shape index (κ3) is 2.29. The molecule has 0 aromatic rings. The van der Waals surface area contributed by atoms with E-state index in [1.807, 2.05) is 32.0 Å². The second-order valence-corrected chi connectivity index (χ2v) is 6.10. The molecule has 1 heterocycles. The van der Waals surface area contributed by atoms with Gasteiger partial charge in [0.05, 0.1) is 5.57 Å². The van der Waals surface area contributed by atoms with Gasteiger partial charge in [0.15, 0.2) is 12.0 Å². The van der Waals surface area contributed by atoms with E-state index in [4.69, 9.17) is 4.74 Å². The Morgan fingerprint density at radius 2 is 2.00 bits per heavy atom. The molecule has 0 amide bonds. The summed E-state index contributed by atoms with van der Waals surface area (Å²) in [6.07, 6.45) is 3.44. The van der Waals surface area contributed by atoms with Gasteiger partial charge in [0.2, 0.25) is 0 Å². The lowest BCUT2D eigenvalue weighted by Gasteiger charge is -2.37. The average Bonchev–Trinajstić information content (AvgIpc) is 2.17. The lowest BCUT2D eigenvalue weighted by Crippen LogP contribution is -2.37. The first-order chi connectivity index (χ1) is 7.80. The average molecular weight is 235 g/mol. The van der Waals surface area contributed by atoms with Gasteiger partial charge in [-0.25, -0.2) is 0 Å². The highest BCUT2D eigenvalue weighted by molar-refractivity contribution is 6.00. The van der Waals surface area contributed by atoms with Gasteiger partial charge in [-0.3, -0.25) is 9.69 Å². The summed E-state index contributed by atoms with van der Waals surface area (Å²) in [5.41, 5.74) is 1.91. The smallest absolute Gasteiger partial charge is 0.174 e. The van der Waals surface area contributed by atoms with Crippen molar-refractivity contribution in [1.82, 2.24) is 4.90 Å². The van der Waals surface area contributed by atoms with Gasteiger partial charge in [-0.1, -0.05) is 13.8 Å². The van der Waals surface area contributed by atoms with Crippen LogP contribution in [0.1, 0.15) is 33.6 Å². The first kappa shape index (κ1) is 12.4. The largest absolute Gasteiger partial charge is 0.475 e. The van der Waals surface area contributed by atoms with Crippen LogP contribution in [0.15, 0.2) is 23.0 Å². The molecule has 0 spiro atoms. The molecule has 17 heavy (non-hydrogen) atoms. The number of ether oxygens (including phenoxy) is 1. The molecule has 3 heteroatoms. The zero-order valence-corrected chi connectivity index (χ0v) is 11.3. The minimum Gasteiger partial charge on any atom is -0.475 e. The number of Topliss-reactive ketones (excluding diaryl/α,β-unsaturated/α-hetero) is 1. The Kier molecular flexibility index (Phi) is 2.90. The standard InChI is InChI=1S/C14H21NO2/c1-9-6-10-11(16)7-14(2,3)8-12(10)17-13(9)15(4)5/h6,13H,7-8H2,1-5H3. The Morgan fingerprint density at radius 3 is 2.59 bits per heavy atom. The lowest BCUT2D eigenvalue weighted by molar-refractivity contribution is -0.119. The lowest BCUT2D eigenvalue weighted by atomic mass is 9.75. The minimum absolute atomic E-state index is 0.0197. The molecule has 0 saturated heterocycles. The maximum Gasteiger partial charge on any atom is 0.174 e. The summed E-state index contributed by atoms with van der Waals surface area (Å²) >= 11 is 0. The van der Waals surface area contributed by atoms with E-state index in [-0.39, 0.29) is 17.4 Å². The number of hydrogen-bond acceptors (Lipinski definition) is 3. The van der Waals surface area contributed by atoms with Crippen molar-refractivity contribution in [3.63, 3.8) is 0 Å². The van der Waals surface area contributed by atoms with E-state index in [1.165, 1.54) is 0 Å². The third-order valence-electron chi connectivity index (χ3n) is 3.36. The van der Waals surface area contributed by atoms with Gasteiger partial charge in [-0.05, 0) is 38.1 Å². The molecule has 3 nitrogen and oxygen atoms in total. The van der Waals surface area contributed by atoms with Crippen molar-refractivity contribution >= 4 is 5.78 Å². The molecule has 1 unspecified atom stereocenters. The molecule has 0 N–H and O–H groups in total. The molecular weight excluding hydrogens is 214 g/mol. The van der Waals surface area contributed by atoms with Gasteiger partial charge < -0.3 is 4.74 Å². The molecule has 94 valence electrons. The van der Waals surface area contributed by atoms with Crippen LogP contribution < -0.4 is 0 Å². The molecule has 2 aliphatic rings. The van der Waals surface area contributed by atoms with E-state index in [9.17, 15) is 4.79 Å². The van der Waals surface area contributed by atoms with E-state index in [1.54, 1.807) is 0 Å². The van der Waals surface area contributed by atoms with Gasteiger partial charge in [-0.2, -0.15) is 0 Å². The Bertz CT molecular complexity index is 416. The van der Waals surface area contributed by atoms with E-state index in [2.05, 4.69) is 13.8 Å². The predicted molar refractivity (Wildman–Crippen MR) is 67.4 cm³/mol. The van der Waals surface area contributed by atoms with Crippen molar-refractivity contribution < 1.29 is 9.53 Å². The third-order valence-corrected chi connectivity index (χ3v) is 3.36. The van der Waals surface area contributed by atoms with Crippen LogP contribution in [0.3, 0.4) is 0 Å². The van der Waals surface area contributed by atoms with Gasteiger partial charge >= 0.3 is 0 Å². The quantitative estimate of drug-likeness (QED) is 0.699. The van der Waals surface area contributed by atoms with Crippen LogP contribution in [-0.4, -0.2) is 31.0 Å². The second-order valence-electron chi connectivity index (χ2n) is 6.10. The van der Waals surface area contributed by atoms with Crippen LogP contribution in [-0.2, 0) is 9.53 Å². The van der Waals surface area contributed by atoms with E-state index in [0.717, 1.165) is 23.3 Å². The summed E-state index contributed by atoms with van der Waals surface area (Å²) in [5.74, 6) is 1.09. The number of likely N-dealkylation sites (N-methyl/N-ethyl adjacent to an activating group) is 1. The number of carbonyl (C=O) groups excluding carboxylic acids is 1. The number of rotatable bonds is 1. The molecule has 0 bridgehead atoms. The molecule has 0 radical (unpaired) electrons. The van der Waals surface area contributed by atoms with Crippen LogP contribution >= 0.6 is 0 Å². The fourth-order valence-corrected chi connectivity index (χ4v) is 2.58. The van der Waals surface area contributed by atoms with Crippen LogP contribution in [0.4, 0.5) is 0 Å². The highest BCUT2D eigenvalue weighted by Gasteiger charge is 2.36. The molecule has 1 aliphatic carbocycles. The van der Waals surface area contributed by atoms with Gasteiger partial charge in [-0.15, -0.1) is 0 Å². The zero-order valence-electron chi connectivity index (χ0n) is 11.3. The van der Waals surface area contributed by atoms with Crippen molar-refractivity contribution in [3.05, 3.63) is 23.0 Å². The van der Waals surface area contributed by atoms with Crippen LogP contribution in [0.2, 0.25) is 0 Å². The Labute approximate surface area is 103 Å². The molecule has 1 atom stereocenters. The first-order valence-corrected chi connectivity index (χ1v) is 6.08. The van der Waals surface area contributed by atoms with Crippen LogP contribution in [0.25, 0.3) is 0 Å². The summed E-state index contributed by atoms with van der Waals surface area (Å²) in [5, 5.41) is 0.